The Bertz CT molecular complexity index is 1460. The van der Waals surface area contributed by atoms with Crippen LogP contribution in [0.4, 0.5) is 5.82 Å². The lowest BCUT2D eigenvalue weighted by Crippen LogP contribution is -2.39. The van der Waals surface area contributed by atoms with Gasteiger partial charge in [0, 0.05) is 50.2 Å². The molecule has 3 aromatic heterocycles. The average Bonchev–Trinajstić information content (AvgIpc) is 3.24. The number of halogens is 2. The number of fused-ring (bicyclic) bond motifs is 1. The number of hydrogen-bond acceptors (Lipinski definition) is 6. The Kier molecular flexibility index (Phi) is 6.72. The summed E-state index contributed by atoms with van der Waals surface area (Å²) in [5, 5.41) is 8.15. The van der Waals surface area contributed by atoms with Crippen molar-refractivity contribution >= 4 is 58.0 Å². The van der Waals surface area contributed by atoms with E-state index in [1.807, 2.05) is 32.2 Å². The molecule has 1 aliphatic rings. The van der Waals surface area contributed by atoms with Gasteiger partial charge in [-0.1, -0.05) is 35.3 Å². The standard InChI is InChI=1S/C23H23BCl2N6O2S/c24-17-13-29-32-21(28-12-15-4-2-8-27-11-15)10-20(30-23(17)32)16-5-3-9-31(14-16)35(33,34)22-18(25)6-1-7-19(22)26/h1-2,4,6-8,10-11,13,16,28H,3,5,9,12,14,24H2. The zero-order valence-corrected chi connectivity index (χ0v) is 21.4. The molecule has 1 saturated heterocycles. The van der Waals surface area contributed by atoms with Gasteiger partial charge in [-0.15, -0.1) is 0 Å². The van der Waals surface area contributed by atoms with Gasteiger partial charge in [0.05, 0.1) is 15.7 Å². The van der Waals surface area contributed by atoms with Gasteiger partial charge in [0.1, 0.15) is 18.6 Å². The number of nitrogens with one attached hydrogen (secondary N) is 1. The molecular weight excluding hydrogens is 506 g/mol. The number of benzene rings is 1. The number of piperidine rings is 1. The van der Waals surface area contributed by atoms with Crippen molar-refractivity contribution in [2.75, 3.05) is 18.4 Å². The average molecular weight is 529 g/mol. The van der Waals surface area contributed by atoms with Crippen molar-refractivity contribution < 1.29 is 8.42 Å². The molecule has 1 N–H and O–H groups in total. The van der Waals surface area contributed by atoms with Crippen molar-refractivity contribution in [3.8, 4) is 0 Å². The summed E-state index contributed by atoms with van der Waals surface area (Å²) < 4.78 is 30.2. The SMILES string of the molecule is Bc1cnn2c(NCc3cccnc3)cc(C3CCCN(S(=O)(=O)c4c(Cl)cccc4Cl)C3)nc12. The second-order valence-electron chi connectivity index (χ2n) is 8.60. The Morgan fingerprint density at radius 3 is 2.69 bits per heavy atom. The first-order valence-electron chi connectivity index (χ1n) is 11.3. The van der Waals surface area contributed by atoms with Gasteiger partial charge in [0.2, 0.25) is 10.0 Å². The first-order chi connectivity index (χ1) is 16.8. The molecule has 1 aliphatic heterocycles. The Morgan fingerprint density at radius 1 is 1.14 bits per heavy atom. The predicted octanol–water partition coefficient (Wildman–Crippen LogP) is 2.87. The fourth-order valence-electron chi connectivity index (χ4n) is 4.38. The molecule has 0 saturated carbocycles. The van der Waals surface area contributed by atoms with E-state index in [-0.39, 0.29) is 20.9 Å². The van der Waals surface area contributed by atoms with Crippen molar-refractivity contribution in [2.24, 2.45) is 0 Å². The summed E-state index contributed by atoms with van der Waals surface area (Å²) in [6.45, 7) is 1.27. The fourth-order valence-corrected chi connectivity index (χ4v) is 7.00. The molecule has 1 aromatic carbocycles. The number of rotatable bonds is 6. The van der Waals surface area contributed by atoms with E-state index in [1.54, 1.807) is 35.1 Å². The lowest BCUT2D eigenvalue weighted by molar-refractivity contribution is 0.313. The van der Waals surface area contributed by atoms with Crippen LogP contribution >= 0.6 is 23.2 Å². The summed E-state index contributed by atoms with van der Waals surface area (Å²) in [6.07, 6.45) is 6.85. The maximum atomic E-state index is 13.5. The highest BCUT2D eigenvalue weighted by Crippen LogP contribution is 2.35. The molecule has 0 bridgehead atoms. The van der Waals surface area contributed by atoms with Crippen LogP contribution in [0.5, 0.6) is 0 Å². The summed E-state index contributed by atoms with van der Waals surface area (Å²) in [7, 11) is -1.90. The Labute approximate surface area is 214 Å². The highest BCUT2D eigenvalue weighted by atomic mass is 35.5. The summed E-state index contributed by atoms with van der Waals surface area (Å²) >= 11 is 12.5. The molecule has 35 heavy (non-hydrogen) atoms. The summed E-state index contributed by atoms with van der Waals surface area (Å²) in [5.74, 6) is 0.703. The van der Waals surface area contributed by atoms with Gasteiger partial charge in [-0.25, -0.2) is 13.4 Å². The van der Waals surface area contributed by atoms with Gasteiger partial charge in [0.25, 0.3) is 0 Å². The molecule has 180 valence electrons. The van der Waals surface area contributed by atoms with Crippen LogP contribution in [-0.4, -0.2) is 53.2 Å². The van der Waals surface area contributed by atoms with Crippen LogP contribution in [0.25, 0.3) is 5.65 Å². The van der Waals surface area contributed by atoms with E-state index in [4.69, 9.17) is 28.2 Å². The second kappa shape index (κ2) is 9.77. The highest BCUT2D eigenvalue weighted by molar-refractivity contribution is 7.89. The molecule has 12 heteroatoms. The van der Waals surface area contributed by atoms with Crippen molar-refractivity contribution in [1.29, 1.82) is 0 Å². The Hall–Kier alpha value is -2.66. The third-order valence-corrected chi connectivity index (χ3v) is 9.00. The zero-order chi connectivity index (χ0) is 24.6. The first kappa shape index (κ1) is 24.1. The van der Waals surface area contributed by atoms with Gasteiger partial charge in [0.15, 0.2) is 5.65 Å². The van der Waals surface area contributed by atoms with Gasteiger partial charge >= 0.3 is 0 Å². The van der Waals surface area contributed by atoms with Crippen LogP contribution in [0, 0.1) is 0 Å². The quantitative estimate of drug-likeness (QED) is 0.387. The van der Waals surface area contributed by atoms with Crippen LogP contribution in [-0.2, 0) is 16.6 Å². The number of anilines is 1. The molecule has 1 atom stereocenters. The number of sulfonamides is 1. The maximum Gasteiger partial charge on any atom is 0.246 e. The summed E-state index contributed by atoms with van der Waals surface area (Å²) in [4.78, 5) is 9.00. The summed E-state index contributed by atoms with van der Waals surface area (Å²) in [5.41, 5.74) is 3.54. The van der Waals surface area contributed by atoms with E-state index in [0.717, 1.165) is 34.6 Å². The van der Waals surface area contributed by atoms with E-state index in [2.05, 4.69) is 15.4 Å². The minimum atomic E-state index is -3.86. The second-order valence-corrected chi connectivity index (χ2v) is 11.3. The van der Waals surface area contributed by atoms with Gasteiger partial charge in [-0.3, -0.25) is 4.98 Å². The lowest BCUT2D eigenvalue weighted by atomic mass is 9.95. The van der Waals surface area contributed by atoms with Gasteiger partial charge < -0.3 is 5.32 Å². The molecule has 0 amide bonds. The fraction of sp³-hybridized carbons (Fsp3) is 0.261. The van der Waals surface area contributed by atoms with E-state index >= 15 is 0 Å². The monoisotopic (exact) mass is 528 g/mol. The van der Waals surface area contributed by atoms with E-state index in [9.17, 15) is 8.42 Å². The third kappa shape index (κ3) is 4.75. The molecule has 1 unspecified atom stereocenters. The van der Waals surface area contributed by atoms with Crippen molar-refractivity contribution in [3.05, 3.63) is 76.3 Å². The molecular formula is C23H23BCl2N6O2S. The molecule has 4 aromatic rings. The third-order valence-electron chi connectivity index (χ3n) is 6.18. The molecule has 5 rings (SSSR count). The molecule has 0 radical (unpaired) electrons. The van der Waals surface area contributed by atoms with Crippen LogP contribution in [0.1, 0.15) is 30.0 Å². The van der Waals surface area contributed by atoms with Crippen molar-refractivity contribution in [2.45, 2.75) is 30.2 Å². The Balaban J connectivity index is 1.46. The van der Waals surface area contributed by atoms with E-state index in [1.165, 1.54) is 4.31 Å². The molecule has 0 aliphatic carbocycles. The maximum absolute atomic E-state index is 13.5. The number of aromatic nitrogens is 4. The van der Waals surface area contributed by atoms with Gasteiger partial charge in [-0.05, 0) is 42.1 Å². The van der Waals surface area contributed by atoms with Gasteiger partial charge in [-0.2, -0.15) is 13.9 Å². The van der Waals surface area contributed by atoms with E-state index < -0.39 is 10.0 Å². The van der Waals surface area contributed by atoms with Crippen LogP contribution in [0.3, 0.4) is 0 Å². The minimum Gasteiger partial charge on any atom is -0.366 e. The number of hydrogen-bond donors (Lipinski definition) is 1. The summed E-state index contributed by atoms with van der Waals surface area (Å²) in [6, 6.07) is 10.6. The van der Waals surface area contributed by atoms with Crippen LogP contribution in [0.2, 0.25) is 10.0 Å². The Morgan fingerprint density at radius 2 is 1.94 bits per heavy atom. The number of nitrogens with zero attached hydrogens (tertiary/aromatic N) is 5. The normalized spacial score (nSPS) is 17.0. The van der Waals surface area contributed by atoms with Crippen molar-refractivity contribution in [3.63, 3.8) is 0 Å². The molecule has 4 heterocycles. The molecule has 8 nitrogen and oxygen atoms in total. The smallest absolute Gasteiger partial charge is 0.246 e. The molecule has 0 spiro atoms. The minimum absolute atomic E-state index is 0.0437. The van der Waals surface area contributed by atoms with Crippen molar-refractivity contribution in [1.82, 2.24) is 23.9 Å². The molecule has 1 fully saturated rings. The predicted molar refractivity (Wildman–Crippen MR) is 140 cm³/mol. The van der Waals surface area contributed by atoms with E-state index in [0.29, 0.717) is 26.1 Å². The zero-order valence-electron chi connectivity index (χ0n) is 19.0. The topological polar surface area (TPSA) is 92.5 Å². The van der Waals surface area contributed by atoms with Crippen LogP contribution < -0.4 is 10.8 Å². The highest BCUT2D eigenvalue weighted by Gasteiger charge is 2.34. The van der Waals surface area contributed by atoms with Crippen LogP contribution in [0.15, 0.2) is 59.9 Å². The largest absolute Gasteiger partial charge is 0.366 e. The lowest BCUT2D eigenvalue weighted by Gasteiger charge is -2.32. The number of pyridine rings is 1. The first-order valence-corrected chi connectivity index (χ1v) is 13.5.